The third-order valence-corrected chi connectivity index (χ3v) is 9.73. The van der Waals surface area contributed by atoms with Crippen molar-refractivity contribution in [2.45, 2.75) is 117 Å². The van der Waals surface area contributed by atoms with Crippen LogP contribution in [0.15, 0.2) is 48.5 Å². The summed E-state index contributed by atoms with van der Waals surface area (Å²) < 4.78 is 7.70. The van der Waals surface area contributed by atoms with E-state index in [4.69, 9.17) is 16.3 Å². The number of amides is 3. The molecular formula is C38H55ClN8O3. The number of nitrogens with one attached hydrogen (secondary N) is 5. The van der Waals surface area contributed by atoms with Gasteiger partial charge in [-0.25, -0.2) is 9.31 Å². The molecule has 0 aliphatic carbocycles. The van der Waals surface area contributed by atoms with Gasteiger partial charge in [0.2, 0.25) is 0 Å². The first kappa shape index (κ1) is 38.6. The van der Waals surface area contributed by atoms with E-state index in [0.717, 1.165) is 24.3 Å². The van der Waals surface area contributed by atoms with Crippen molar-refractivity contribution in [1.29, 1.82) is 0 Å². The molecule has 0 saturated carbocycles. The highest BCUT2D eigenvalue weighted by atomic mass is 35.5. The van der Waals surface area contributed by atoms with Crippen molar-refractivity contribution in [2.24, 2.45) is 0 Å². The number of aromatic amines is 1. The lowest BCUT2D eigenvalue weighted by molar-refractivity contribution is -0.125. The van der Waals surface area contributed by atoms with Crippen molar-refractivity contribution in [3.05, 3.63) is 65.1 Å². The van der Waals surface area contributed by atoms with E-state index < -0.39 is 17.0 Å². The SMILES string of the molecule is CCCCCCCCCNc1ccc(NC(=O)Nc2ccccc2OCC(=O)NC(C)(C)C(C)(C)c2nnc3c(Cl)c(C(C)(C)C)[nH]n23)cc1. The fraction of sp³-hybridized carbons (Fsp3) is 0.526. The summed E-state index contributed by atoms with van der Waals surface area (Å²) in [6.45, 7) is 17.0. The second-order valence-electron chi connectivity index (χ2n) is 15.0. The van der Waals surface area contributed by atoms with Crippen LogP contribution in [0.1, 0.15) is 112 Å². The molecule has 0 aliphatic heterocycles. The number of hydrogen-bond donors (Lipinski definition) is 5. The van der Waals surface area contributed by atoms with E-state index in [9.17, 15) is 9.59 Å². The molecule has 0 aliphatic rings. The van der Waals surface area contributed by atoms with Crippen molar-refractivity contribution in [3.8, 4) is 5.75 Å². The Hall–Kier alpha value is -4.25. The number of nitrogens with zero attached hydrogens (tertiary/aromatic N) is 3. The zero-order chi connectivity index (χ0) is 36.5. The van der Waals surface area contributed by atoms with Crippen LogP contribution in [0.4, 0.5) is 21.9 Å². The van der Waals surface area contributed by atoms with Gasteiger partial charge in [-0.1, -0.05) is 104 Å². The number of para-hydroxylation sites is 2. The standard InChI is InChI=1S/C38H55ClN8O3/c1-9-10-11-12-13-14-17-24-40-26-20-22-27(23-21-26)41-35(49)42-28-18-15-16-19-29(28)50-25-30(48)43-38(7,8)37(5,6)34-45-44-33-31(39)32(36(2,3)4)46-47(33)34/h15-16,18-23,40,46H,9-14,17,24-25H2,1-8H3,(H,43,48)(H2,41,42,49). The molecule has 0 saturated heterocycles. The fourth-order valence-electron chi connectivity index (χ4n) is 5.64. The molecule has 0 bridgehead atoms. The van der Waals surface area contributed by atoms with E-state index in [2.05, 4.69) is 64.3 Å². The van der Waals surface area contributed by atoms with Crippen LogP contribution in [0.25, 0.3) is 5.65 Å². The van der Waals surface area contributed by atoms with Gasteiger partial charge in [0, 0.05) is 34.3 Å². The first-order valence-corrected chi connectivity index (χ1v) is 18.1. The molecule has 0 atom stereocenters. The minimum Gasteiger partial charge on any atom is -0.482 e. The number of H-pyrrole nitrogens is 1. The molecule has 2 heterocycles. The van der Waals surface area contributed by atoms with Gasteiger partial charge in [-0.05, 0) is 56.7 Å². The highest BCUT2D eigenvalue weighted by Gasteiger charge is 2.44. The lowest BCUT2D eigenvalue weighted by atomic mass is 9.73. The molecule has 0 unspecified atom stereocenters. The number of aromatic nitrogens is 4. The Kier molecular flexibility index (Phi) is 12.8. The molecule has 2 aromatic heterocycles. The van der Waals surface area contributed by atoms with E-state index in [0.29, 0.717) is 33.6 Å². The molecule has 4 rings (SSSR count). The monoisotopic (exact) mass is 706 g/mol. The number of rotatable bonds is 17. The van der Waals surface area contributed by atoms with Crippen molar-refractivity contribution in [3.63, 3.8) is 0 Å². The van der Waals surface area contributed by atoms with Crippen LogP contribution in [0.5, 0.6) is 5.75 Å². The number of unbranched alkanes of at least 4 members (excludes halogenated alkanes) is 6. The van der Waals surface area contributed by atoms with E-state index in [1.165, 1.54) is 38.5 Å². The molecule has 2 aromatic carbocycles. The van der Waals surface area contributed by atoms with Crippen LogP contribution >= 0.6 is 11.6 Å². The van der Waals surface area contributed by atoms with Gasteiger partial charge in [-0.2, -0.15) is 0 Å². The summed E-state index contributed by atoms with van der Waals surface area (Å²) in [6, 6.07) is 14.2. The molecule has 4 aromatic rings. The Morgan fingerprint density at radius 2 is 1.48 bits per heavy atom. The number of ether oxygens (including phenoxy) is 1. The van der Waals surface area contributed by atoms with Crippen LogP contribution in [0, 0.1) is 0 Å². The van der Waals surface area contributed by atoms with E-state index in [1.54, 1.807) is 28.8 Å². The number of benzene rings is 2. The van der Waals surface area contributed by atoms with Crippen LogP contribution in [0.2, 0.25) is 5.02 Å². The van der Waals surface area contributed by atoms with E-state index in [1.807, 2.05) is 52.0 Å². The number of carbonyl (C=O) groups is 2. The summed E-state index contributed by atoms with van der Waals surface area (Å²) >= 11 is 6.66. The van der Waals surface area contributed by atoms with Gasteiger partial charge in [-0.3, -0.25) is 9.89 Å². The first-order chi connectivity index (χ1) is 23.6. The Labute approximate surface area is 301 Å². The zero-order valence-corrected chi connectivity index (χ0v) is 31.7. The minimum absolute atomic E-state index is 0.221. The van der Waals surface area contributed by atoms with E-state index in [-0.39, 0.29) is 17.9 Å². The van der Waals surface area contributed by atoms with Crippen molar-refractivity contribution in [2.75, 3.05) is 29.1 Å². The maximum atomic E-state index is 13.2. The molecule has 0 spiro atoms. The predicted octanol–water partition coefficient (Wildman–Crippen LogP) is 9.07. The molecule has 12 heteroatoms. The van der Waals surface area contributed by atoms with Crippen LogP contribution < -0.4 is 26.0 Å². The predicted molar refractivity (Wildman–Crippen MR) is 204 cm³/mol. The second-order valence-corrected chi connectivity index (χ2v) is 15.4. The topological polar surface area (TPSA) is 137 Å². The normalized spacial score (nSPS) is 12.2. The van der Waals surface area contributed by atoms with Gasteiger partial charge in [-0.15, -0.1) is 10.2 Å². The van der Waals surface area contributed by atoms with Crippen LogP contribution in [-0.2, 0) is 15.6 Å². The average molecular weight is 707 g/mol. The Morgan fingerprint density at radius 1 is 0.840 bits per heavy atom. The summed E-state index contributed by atoms with van der Waals surface area (Å²) in [6.07, 6.45) is 8.91. The van der Waals surface area contributed by atoms with E-state index >= 15 is 0 Å². The van der Waals surface area contributed by atoms with Crippen molar-refractivity contribution in [1.82, 2.24) is 25.1 Å². The number of hydrogen-bond acceptors (Lipinski definition) is 6. The Bertz CT molecular complexity index is 1720. The lowest BCUT2D eigenvalue weighted by Crippen LogP contribution is -2.57. The number of urea groups is 1. The molecule has 50 heavy (non-hydrogen) atoms. The van der Waals surface area contributed by atoms with Crippen molar-refractivity contribution < 1.29 is 14.3 Å². The molecule has 0 fully saturated rings. The number of halogens is 1. The summed E-state index contributed by atoms with van der Waals surface area (Å²) in [5.41, 5.74) is 1.85. The molecule has 0 radical (unpaired) electrons. The highest BCUT2D eigenvalue weighted by Crippen LogP contribution is 2.37. The summed E-state index contributed by atoms with van der Waals surface area (Å²) in [4.78, 5) is 26.1. The average Bonchev–Trinajstić information content (AvgIpc) is 3.63. The molecule has 5 N–H and O–H groups in total. The van der Waals surface area contributed by atoms with Gasteiger partial charge in [0.05, 0.1) is 11.4 Å². The van der Waals surface area contributed by atoms with Gasteiger partial charge in [0.1, 0.15) is 10.8 Å². The second kappa shape index (κ2) is 16.6. The van der Waals surface area contributed by atoms with Gasteiger partial charge < -0.3 is 26.0 Å². The molecule has 11 nitrogen and oxygen atoms in total. The minimum atomic E-state index is -0.771. The number of fused-ring (bicyclic) bond motifs is 1. The largest absolute Gasteiger partial charge is 0.482 e. The smallest absolute Gasteiger partial charge is 0.323 e. The number of carbonyl (C=O) groups excluding carboxylic acids is 2. The summed E-state index contributed by atoms with van der Waals surface area (Å²) in [5.74, 6) is 0.671. The summed E-state index contributed by atoms with van der Waals surface area (Å²) in [5, 5.41) is 24.9. The molecule has 3 amide bonds. The lowest BCUT2D eigenvalue weighted by Gasteiger charge is -2.40. The third kappa shape index (κ3) is 9.71. The highest BCUT2D eigenvalue weighted by molar-refractivity contribution is 6.34. The van der Waals surface area contributed by atoms with Gasteiger partial charge in [0.25, 0.3) is 5.91 Å². The summed E-state index contributed by atoms with van der Waals surface area (Å²) in [7, 11) is 0. The third-order valence-electron chi connectivity index (χ3n) is 9.37. The zero-order valence-electron chi connectivity index (χ0n) is 30.9. The Morgan fingerprint density at radius 3 is 2.16 bits per heavy atom. The maximum absolute atomic E-state index is 13.2. The fourth-order valence-corrected chi connectivity index (χ4v) is 6.08. The van der Waals surface area contributed by atoms with Gasteiger partial charge in [0.15, 0.2) is 18.1 Å². The van der Waals surface area contributed by atoms with Gasteiger partial charge >= 0.3 is 6.03 Å². The first-order valence-electron chi connectivity index (χ1n) is 17.7. The maximum Gasteiger partial charge on any atom is 0.323 e. The quantitative estimate of drug-likeness (QED) is 0.0695. The molecular weight excluding hydrogens is 652 g/mol. The van der Waals surface area contributed by atoms with Crippen LogP contribution in [-0.4, -0.2) is 50.4 Å². The molecule has 272 valence electrons. The Balaban J connectivity index is 1.29. The van der Waals surface area contributed by atoms with Crippen LogP contribution in [0.3, 0.4) is 0 Å². The van der Waals surface area contributed by atoms with Crippen molar-refractivity contribution >= 4 is 46.2 Å². The number of anilines is 3.